The highest BCUT2D eigenvalue weighted by Gasteiger charge is 2.60. The lowest BCUT2D eigenvalue weighted by atomic mass is 9.86. The van der Waals surface area contributed by atoms with Crippen molar-refractivity contribution < 1.29 is 9.53 Å². The quantitative estimate of drug-likeness (QED) is 0.721. The minimum absolute atomic E-state index is 0.0737. The van der Waals surface area contributed by atoms with Crippen LogP contribution in [0.4, 0.5) is 4.79 Å². The maximum Gasteiger partial charge on any atom is 0.410 e. The zero-order valence-corrected chi connectivity index (χ0v) is 18.5. The molecule has 157 valence electrons. The number of hydrogen-bond donors (Lipinski definition) is 1. The third-order valence-corrected chi connectivity index (χ3v) is 6.28. The van der Waals surface area contributed by atoms with Crippen LogP contribution in [0.3, 0.4) is 0 Å². The third kappa shape index (κ3) is 4.41. The molecular weight excluding hydrogens is 371 g/mol. The Morgan fingerprint density at radius 2 is 1.83 bits per heavy atom. The standard InChI is InChI=1S/C25H32BN2O2/c1-24(2,3)30-23(29)28-17-25(13-14-25)22(27-26-4)21(28)16-18-9-8-12-20(15-18)19-10-6-5-7-11-19/h5-12,15,21-22,27H,13-14,16-17H2,1-4H3. The molecule has 1 radical (unpaired) electrons. The Balaban J connectivity index is 1.61. The fourth-order valence-electron chi connectivity index (χ4n) is 4.74. The van der Waals surface area contributed by atoms with Crippen molar-refractivity contribution in [2.24, 2.45) is 5.41 Å². The maximum absolute atomic E-state index is 13.1. The zero-order chi connectivity index (χ0) is 21.4. The molecule has 4 rings (SSSR count). The summed E-state index contributed by atoms with van der Waals surface area (Å²) in [6.07, 6.45) is 2.95. The average Bonchev–Trinajstić information content (AvgIpc) is 3.43. The largest absolute Gasteiger partial charge is 0.444 e. The van der Waals surface area contributed by atoms with Gasteiger partial charge in [-0.15, -0.1) is 0 Å². The van der Waals surface area contributed by atoms with E-state index in [9.17, 15) is 4.79 Å². The van der Waals surface area contributed by atoms with Crippen molar-refractivity contribution in [3.05, 3.63) is 60.2 Å². The number of hydrogen-bond acceptors (Lipinski definition) is 3. The van der Waals surface area contributed by atoms with Gasteiger partial charge in [0.1, 0.15) is 5.60 Å². The fraction of sp³-hybridized carbons (Fsp3) is 0.480. The number of benzene rings is 2. The van der Waals surface area contributed by atoms with Crippen molar-refractivity contribution in [3.8, 4) is 11.1 Å². The summed E-state index contributed by atoms with van der Waals surface area (Å²) in [5.41, 5.74) is 3.36. The molecule has 2 aliphatic rings. The highest BCUT2D eigenvalue weighted by Crippen LogP contribution is 2.55. The van der Waals surface area contributed by atoms with Gasteiger partial charge in [-0.2, -0.15) is 0 Å². The van der Waals surface area contributed by atoms with Crippen molar-refractivity contribution >= 4 is 13.5 Å². The van der Waals surface area contributed by atoms with Gasteiger partial charge in [-0.1, -0.05) is 61.4 Å². The molecule has 1 N–H and O–H groups in total. The average molecular weight is 403 g/mol. The van der Waals surface area contributed by atoms with Crippen molar-refractivity contribution in [1.29, 1.82) is 0 Å². The molecule has 2 aromatic carbocycles. The number of nitrogens with zero attached hydrogens (tertiary/aromatic N) is 1. The summed E-state index contributed by atoms with van der Waals surface area (Å²) in [6, 6.07) is 19.5. The molecule has 0 aromatic heterocycles. The summed E-state index contributed by atoms with van der Waals surface area (Å²) < 4.78 is 5.78. The van der Waals surface area contributed by atoms with Crippen LogP contribution in [0.5, 0.6) is 0 Å². The van der Waals surface area contributed by atoms with Crippen LogP contribution >= 0.6 is 0 Å². The lowest BCUT2D eigenvalue weighted by Crippen LogP contribution is -2.49. The van der Waals surface area contributed by atoms with Gasteiger partial charge in [0.15, 0.2) is 0 Å². The third-order valence-electron chi connectivity index (χ3n) is 6.28. The van der Waals surface area contributed by atoms with Gasteiger partial charge in [0.25, 0.3) is 0 Å². The summed E-state index contributed by atoms with van der Waals surface area (Å²) in [4.78, 5) is 15.1. The van der Waals surface area contributed by atoms with Gasteiger partial charge < -0.3 is 14.9 Å². The topological polar surface area (TPSA) is 41.6 Å². The van der Waals surface area contributed by atoms with E-state index < -0.39 is 5.60 Å². The Kier molecular flexibility index (Phi) is 5.67. The number of nitrogens with one attached hydrogen (secondary N) is 1. The van der Waals surface area contributed by atoms with E-state index >= 15 is 0 Å². The van der Waals surface area contributed by atoms with Gasteiger partial charge in [-0.05, 0) is 56.7 Å². The monoisotopic (exact) mass is 403 g/mol. The van der Waals surface area contributed by atoms with E-state index in [2.05, 4.69) is 53.8 Å². The number of carbonyl (C=O) groups excluding carboxylic acids is 1. The van der Waals surface area contributed by atoms with Gasteiger partial charge in [0.05, 0.1) is 6.04 Å². The van der Waals surface area contributed by atoms with Crippen molar-refractivity contribution in [2.45, 2.75) is 64.5 Å². The number of amides is 1. The lowest BCUT2D eigenvalue weighted by molar-refractivity contribution is 0.0214. The van der Waals surface area contributed by atoms with Crippen molar-refractivity contribution in [2.75, 3.05) is 6.54 Å². The summed E-state index contributed by atoms with van der Waals surface area (Å²) in [5, 5.41) is 3.59. The second-order valence-electron chi connectivity index (χ2n) is 9.74. The van der Waals surface area contributed by atoms with Crippen LogP contribution in [0.2, 0.25) is 6.82 Å². The Hall–Kier alpha value is -2.27. The molecule has 2 unspecified atom stereocenters. The summed E-state index contributed by atoms with van der Waals surface area (Å²) >= 11 is 0. The van der Waals surface area contributed by atoms with E-state index in [1.54, 1.807) is 0 Å². The first kappa shape index (κ1) is 21.0. The molecule has 2 aromatic rings. The molecule has 1 saturated carbocycles. The Morgan fingerprint density at radius 3 is 2.47 bits per heavy atom. The van der Waals surface area contributed by atoms with E-state index in [4.69, 9.17) is 4.74 Å². The Morgan fingerprint density at radius 1 is 1.13 bits per heavy atom. The first-order valence-corrected chi connectivity index (χ1v) is 11.0. The normalized spacial score (nSPS) is 22.2. The molecule has 1 spiro atoms. The van der Waals surface area contributed by atoms with Crippen molar-refractivity contribution in [1.82, 2.24) is 10.1 Å². The molecule has 1 aliphatic heterocycles. The SMILES string of the molecule is C[B]NC1C(Cc2cccc(-c3ccccc3)c2)N(C(=O)OC(C)(C)C)CC12CC2. The Labute approximate surface area is 181 Å². The van der Waals surface area contributed by atoms with Crippen LogP contribution in [-0.2, 0) is 11.2 Å². The predicted molar refractivity (Wildman–Crippen MR) is 123 cm³/mol. The molecule has 5 heteroatoms. The lowest BCUT2D eigenvalue weighted by Gasteiger charge is -2.31. The van der Waals surface area contributed by atoms with E-state index in [1.165, 1.54) is 29.5 Å². The van der Waals surface area contributed by atoms with Gasteiger partial charge >= 0.3 is 6.09 Å². The van der Waals surface area contributed by atoms with Crippen LogP contribution in [0.1, 0.15) is 39.2 Å². The van der Waals surface area contributed by atoms with E-state index in [1.807, 2.05) is 46.0 Å². The molecule has 1 heterocycles. The fourth-order valence-corrected chi connectivity index (χ4v) is 4.74. The molecule has 1 amide bonds. The molecule has 2 atom stereocenters. The van der Waals surface area contributed by atoms with E-state index in [-0.39, 0.29) is 23.6 Å². The second kappa shape index (κ2) is 8.11. The van der Waals surface area contributed by atoms with Crippen LogP contribution in [0.15, 0.2) is 54.6 Å². The van der Waals surface area contributed by atoms with Crippen LogP contribution in [-0.4, -0.2) is 42.6 Å². The van der Waals surface area contributed by atoms with E-state index in [0.29, 0.717) is 0 Å². The highest BCUT2D eigenvalue weighted by atomic mass is 16.6. The smallest absolute Gasteiger partial charge is 0.410 e. The molecule has 1 aliphatic carbocycles. The van der Waals surface area contributed by atoms with Gasteiger partial charge in [0.2, 0.25) is 7.41 Å². The summed E-state index contributed by atoms with van der Waals surface area (Å²) in [5.74, 6) is 0. The molecule has 4 nitrogen and oxygen atoms in total. The summed E-state index contributed by atoms with van der Waals surface area (Å²) in [7, 11) is 2.02. The van der Waals surface area contributed by atoms with Gasteiger partial charge in [-0.25, -0.2) is 4.79 Å². The molecule has 2 fully saturated rings. The zero-order valence-electron chi connectivity index (χ0n) is 18.5. The predicted octanol–water partition coefficient (Wildman–Crippen LogP) is 4.92. The van der Waals surface area contributed by atoms with Crippen LogP contribution in [0.25, 0.3) is 11.1 Å². The molecule has 30 heavy (non-hydrogen) atoms. The first-order valence-electron chi connectivity index (χ1n) is 11.0. The molecule has 1 saturated heterocycles. The first-order chi connectivity index (χ1) is 14.3. The van der Waals surface area contributed by atoms with Crippen LogP contribution in [0, 0.1) is 5.41 Å². The number of rotatable bonds is 5. The minimum atomic E-state index is -0.492. The number of ether oxygens (including phenoxy) is 1. The second-order valence-corrected chi connectivity index (χ2v) is 9.74. The molecule has 0 bridgehead atoms. The summed E-state index contributed by atoms with van der Waals surface area (Å²) in [6.45, 7) is 8.60. The number of likely N-dealkylation sites (tertiary alicyclic amines) is 1. The van der Waals surface area contributed by atoms with Gasteiger partial charge in [-0.3, -0.25) is 0 Å². The molecular formula is C25H32BN2O2. The maximum atomic E-state index is 13.1. The highest BCUT2D eigenvalue weighted by molar-refractivity contribution is 6.30. The minimum Gasteiger partial charge on any atom is -0.444 e. The Bertz CT molecular complexity index is 890. The number of carbonyl (C=O) groups is 1. The van der Waals surface area contributed by atoms with E-state index in [0.717, 1.165) is 13.0 Å². The van der Waals surface area contributed by atoms with Gasteiger partial charge in [0, 0.05) is 18.0 Å². The van der Waals surface area contributed by atoms with Crippen LogP contribution < -0.4 is 5.23 Å². The van der Waals surface area contributed by atoms with Crippen molar-refractivity contribution in [3.63, 3.8) is 0 Å².